The van der Waals surface area contributed by atoms with E-state index in [1.54, 1.807) is 6.92 Å². The van der Waals surface area contributed by atoms with E-state index in [-0.39, 0.29) is 18.3 Å². The molecule has 3 heteroatoms. The quantitative estimate of drug-likeness (QED) is 0.698. The average Bonchev–Trinajstić information content (AvgIpc) is 2.27. The molecule has 82 valence electrons. The molecule has 0 saturated heterocycles. The van der Waals surface area contributed by atoms with Crippen LogP contribution in [0.5, 0.6) is 0 Å². The predicted molar refractivity (Wildman–Crippen MR) is 56.4 cm³/mol. The Labute approximate surface area is 89.1 Å². The summed E-state index contributed by atoms with van der Waals surface area (Å²) in [6, 6.07) is 9.18. The Morgan fingerprint density at radius 3 is 2.60 bits per heavy atom. The van der Waals surface area contributed by atoms with Crippen molar-refractivity contribution in [3.63, 3.8) is 0 Å². The summed E-state index contributed by atoms with van der Waals surface area (Å²) in [6.07, 6.45) is 0.106. The minimum absolute atomic E-state index is 0.106. The van der Waals surface area contributed by atoms with Crippen molar-refractivity contribution in [2.45, 2.75) is 19.3 Å². The molecule has 0 heterocycles. The molecule has 0 radical (unpaired) electrons. The SMILES string of the molecule is CCOC(=O)C[C@@H](CF)c1ccccc1. The van der Waals surface area contributed by atoms with Gasteiger partial charge in [0.1, 0.15) is 0 Å². The smallest absolute Gasteiger partial charge is 0.306 e. The first-order chi connectivity index (χ1) is 7.27. The van der Waals surface area contributed by atoms with Gasteiger partial charge in [-0.25, -0.2) is 0 Å². The van der Waals surface area contributed by atoms with Gasteiger partial charge in [0.15, 0.2) is 0 Å². The van der Waals surface area contributed by atoms with Crippen LogP contribution in [0.1, 0.15) is 24.8 Å². The van der Waals surface area contributed by atoms with Crippen LogP contribution in [0, 0.1) is 0 Å². The molecule has 0 fully saturated rings. The molecule has 1 atom stereocenters. The maximum atomic E-state index is 12.7. The van der Waals surface area contributed by atoms with Crippen LogP contribution in [0.15, 0.2) is 30.3 Å². The standard InChI is InChI=1S/C12H15FO2/c1-2-15-12(14)8-11(9-13)10-6-4-3-5-7-10/h3-7,11H,2,8-9H2,1H3/t11-/m0/s1. The molecule has 0 amide bonds. The molecular formula is C12H15FO2. The molecular weight excluding hydrogens is 195 g/mol. The highest BCUT2D eigenvalue weighted by Gasteiger charge is 2.16. The van der Waals surface area contributed by atoms with E-state index in [2.05, 4.69) is 0 Å². The van der Waals surface area contributed by atoms with Crippen LogP contribution in [0.3, 0.4) is 0 Å². The van der Waals surface area contributed by atoms with Gasteiger partial charge in [0.25, 0.3) is 0 Å². The highest BCUT2D eigenvalue weighted by molar-refractivity contribution is 5.70. The van der Waals surface area contributed by atoms with Crippen molar-refractivity contribution in [3.8, 4) is 0 Å². The van der Waals surface area contributed by atoms with Crippen LogP contribution in [-0.2, 0) is 9.53 Å². The zero-order chi connectivity index (χ0) is 11.1. The second kappa shape index (κ2) is 6.17. The van der Waals surface area contributed by atoms with E-state index in [1.807, 2.05) is 30.3 Å². The van der Waals surface area contributed by atoms with Crippen molar-refractivity contribution in [1.82, 2.24) is 0 Å². The molecule has 0 N–H and O–H groups in total. The van der Waals surface area contributed by atoms with Crippen LogP contribution in [0.25, 0.3) is 0 Å². The van der Waals surface area contributed by atoms with Gasteiger partial charge in [0, 0.05) is 5.92 Å². The highest BCUT2D eigenvalue weighted by Crippen LogP contribution is 2.20. The van der Waals surface area contributed by atoms with Crippen molar-refractivity contribution < 1.29 is 13.9 Å². The van der Waals surface area contributed by atoms with Crippen LogP contribution in [0.2, 0.25) is 0 Å². The van der Waals surface area contributed by atoms with Crippen molar-refractivity contribution in [1.29, 1.82) is 0 Å². The maximum absolute atomic E-state index is 12.7. The summed E-state index contributed by atoms with van der Waals surface area (Å²) >= 11 is 0. The first kappa shape index (κ1) is 11.7. The molecule has 0 aliphatic carbocycles. The van der Waals surface area contributed by atoms with Gasteiger partial charge >= 0.3 is 5.97 Å². The molecule has 1 aromatic carbocycles. The van der Waals surface area contributed by atoms with Gasteiger partial charge in [-0.1, -0.05) is 30.3 Å². The van der Waals surface area contributed by atoms with E-state index in [1.165, 1.54) is 0 Å². The molecule has 0 aliphatic heterocycles. The van der Waals surface area contributed by atoms with E-state index in [4.69, 9.17) is 4.74 Å². The fourth-order valence-corrected chi connectivity index (χ4v) is 1.41. The summed E-state index contributed by atoms with van der Waals surface area (Å²) in [5.41, 5.74) is 0.841. The zero-order valence-corrected chi connectivity index (χ0v) is 8.78. The van der Waals surface area contributed by atoms with Gasteiger partial charge in [-0.3, -0.25) is 9.18 Å². The van der Waals surface area contributed by atoms with E-state index in [0.29, 0.717) is 6.61 Å². The Balaban J connectivity index is 2.61. The van der Waals surface area contributed by atoms with E-state index in [9.17, 15) is 9.18 Å². The van der Waals surface area contributed by atoms with Gasteiger partial charge in [0.2, 0.25) is 0 Å². The third kappa shape index (κ3) is 3.70. The molecule has 0 spiro atoms. The number of hydrogen-bond acceptors (Lipinski definition) is 2. The van der Waals surface area contributed by atoms with Crippen LogP contribution in [-0.4, -0.2) is 19.3 Å². The number of esters is 1. The fourth-order valence-electron chi connectivity index (χ4n) is 1.41. The second-order valence-electron chi connectivity index (χ2n) is 3.27. The molecule has 0 saturated carbocycles. The second-order valence-corrected chi connectivity index (χ2v) is 3.27. The van der Waals surface area contributed by atoms with Crippen LogP contribution >= 0.6 is 0 Å². The van der Waals surface area contributed by atoms with E-state index in [0.717, 1.165) is 5.56 Å². The van der Waals surface area contributed by atoms with Gasteiger partial charge in [-0.15, -0.1) is 0 Å². The van der Waals surface area contributed by atoms with Crippen molar-refractivity contribution >= 4 is 5.97 Å². The summed E-state index contributed by atoms with van der Waals surface area (Å²) in [5, 5.41) is 0. The zero-order valence-electron chi connectivity index (χ0n) is 8.78. The lowest BCUT2D eigenvalue weighted by Crippen LogP contribution is -2.11. The summed E-state index contributed by atoms with van der Waals surface area (Å²) in [4.78, 5) is 11.2. The van der Waals surface area contributed by atoms with Crippen molar-refractivity contribution in [2.24, 2.45) is 0 Å². The summed E-state index contributed by atoms with van der Waals surface area (Å²) in [5.74, 6) is -0.728. The van der Waals surface area contributed by atoms with E-state index < -0.39 is 6.67 Å². The van der Waals surface area contributed by atoms with Gasteiger partial charge in [-0.2, -0.15) is 0 Å². The largest absolute Gasteiger partial charge is 0.466 e. The van der Waals surface area contributed by atoms with Gasteiger partial charge < -0.3 is 4.74 Å². The number of rotatable bonds is 5. The number of benzene rings is 1. The Bertz CT molecular complexity index is 298. The number of alkyl halides is 1. The lowest BCUT2D eigenvalue weighted by Gasteiger charge is -2.12. The van der Waals surface area contributed by atoms with Crippen LogP contribution in [0.4, 0.5) is 4.39 Å². The first-order valence-corrected chi connectivity index (χ1v) is 5.04. The number of hydrogen-bond donors (Lipinski definition) is 0. The third-order valence-electron chi connectivity index (χ3n) is 2.18. The number of carbonyl (C=O) groups excluding carboxylic acids is 1. The molecule has 0 aliphatic rings. The Kier molecular flexibility index (Phi) is 4.81. The van der Waals surface area contributed by atoms with Gasteiger partial charge in [0.05, 0.1) is 19.7 Å². The fraction of sp³-hybridized carbons (Fsp3) is 0.417. The van der Waals surface area contributed by atoms with E-state index >= 15 is 0 Å². The molecule has 0 unspecified atom stereocenters. The topological polar surface area (TPSA) is 26.3 Å². The maximum Gasteiger partial charge on any atom is 0.306 e. The molecule has 15 heavy (non-hydrogen) atoms. The minimum Gasteiger partial charge on any atom is -0.466 e. The first-order valence-electron chi connectivity index (χ1n) is 5.04. The summed E-state index contributed by atoms with van der Waals surface area (Å²) in [6.45, 7) is 1.54. The Morgan fingerprint density at radius 2 is 2.07 bits per heavy atom. The summed E-state index contributed by atoms with van der Waals surface area (Å²) in [7, 11) is 0. The van der Waals surface area contributed by atoms with Crippen molar-refractivity contribution in [3.05, 3.63) is 35.9 Å². The van der Waals surface area contributed by atoms with Crippen LogP contribution < -0.4 is 0 Å². The number of halogens is 1. The molecule has 1 rings (SSSR count). The minimum atomic E-state index is -0.539. The summed E-state index contributed by atoms with van der Waals surface area (Å²) < 4.78 is 17.5. The third-order valence-corrected chi connectivity index (χ3v) is 2.18. The number of carbonyl (C=O) groups is 1. The number of ether oxygens (including phenoxy) is 1. The highest BCUT2D eigenvalue weighted by atomic mass is 19.1. The lowest BCUT2D eigenvalue weighted by atomic mass is 9.97. The predicted octanol–water partition coefficient (Wildman–Crippen LogP) is 2.69. The molecule has 0 aromatic heterocycles. The molecule has 0 bridgehead atoms. The Hall–Kier alpha value is -1.38. The van der Waals surface area contributed by atoms with Gasteiger partial charge in [-0.05, 0) is 12.5 Å². The van der Waals surface area contributed by atoms with Crippen molar-refractivity contribution in [2.75, 3.05) is 13.3 Å². The Morgan fingerprint density at radius 1 is 1.40 bits per heavy atom. The molecule has 2 nitrogen and oxygen atoms in total. The normalized spacial score (nSPS) is 12.1. The average molecular weight is 210 g/mol. The molecule has 1 aromatic rings. The lowest BCUT2D eigenvalue weighted by molar-refractivity contribution is -0.143. The monoisotopic (exact) mass is 210 g/mol.